The van der Waals surface area contributed by atoms with Gasteiger partial charge in [-0.2, -0.15) is 0 Å². The first-order valence-electron chi connectivity index (χ1n) is 6.31. The molecule has 19 heavy (non-hydrogen) atoms. The van der Waals surface area contributed by atoms with E-state index in [0.29, 0.717) is 0 Å². The maximum Gasteiger partial charge on any atom is 0.170 e. The molecule has 0 aliphatic rings. The monoisotopic (exact) mass is 272 g/mol. The van der Waals surface area contributed by atoms with E-state index in [9.17, 15) is 4.57 Å². The van der Waals surface area contributed by atoms with Gasteiger partial charge in [0.05, 0.1) is 0 Å². The molecule has 1 rings (SSSR count). The summed E-state index contributed by atoms with van der Waals surface area (Å²) in [7, 11) is -2.84. The molecule has 0 fully saturated rings. The first kappa shape index (κ1) is 15.5. The number of hydrogen-bond donors (Lipinski definition) is 0. The molecule has 1 aromatic carbocycles. The lowest BCUT2D eigenvalue weighted by atomic mass is 10.2. The molecule has 0 aliphatic heterocycles. The highest BCUT2D eigenvalue weighted by Gasteiger charge is 2.31. The van der Waals surface area contributed by atoms with E-state index >= 15 is 0 Å². The van der Waals surface area contributed by atoms with Gasteiger partial charge in [-0.1, -0.05) is 61.7 Å². The maximum absolute atomic E-state index is 13.7. The van der Waals surface area contributed by atoms with E-state index < -0.39 is 7.14 Å². The van der Waals surface area contributed by atoms with Crippen molar-refractivity contribution in [2.45, 2.75) is 20.8 Å². The molecule has 1 aromatic rings. The van der Waals surface area contributed by atoms with Crippen molar-refractivity contribution in [2.75, 3.05) is 0 Å². The van der Waals surface area contributed by atoms with Crippen LogP contribution in [0.3, 0.4) is 0 Å². The average molecular weight is 272 g/mol. The summed E-state index contributed by atoms with van der Waals surface area (Å²) in [6.07, 6.45) is 7.10. The molecule has 0 spiro atoms. The van der Waals surface area contributed by atoms with Crippen molar-refractivity contribution in [1.82, 2.24) is 0 Å². The van der Waals surface area contributed by atoms with E-state index in [0.717, 1.165) is 21.5 Å². The molecule has 0 bridgehead atoms. The van der Waals surface area contributed by atoms with Gasteiger partial charge in [0.25, 0.3) is 0 Å². The van der Waals surface area contributed by atoms with Crippen LogP contribution in [0.5, 0.6) is 0 Å². The van der Waals surface area contributed by atoms with Crippen LogP contribution in [0.15, 0.2) is 72.4 Å². The highest BCUT2D eigenvalue weighted by atomic mass is 31.2. The fraction of sp³-hybridized carbons (Fsp3) is 0.176. The molecule has 0 saturated carbocycles. The van der Waals surface area contributed by atoms with Crippen molar-refractivity contribution in [1.29, 1.82) is 0 Å². The van der Waals surface area contributed by atoms with Gasteiger partial charge in [-0.05, 0) is 26.3 Å². The van der Waals surface area contributed by atoms with E-state index in [4.69, 9.17) is 0 Å². The number of benzene rings is 1. The Bertz CT molecular complexity index is 563. The van der Waals surface area contributed by atoms with Gasteiger partial charge in [0, 0.05) is 15.9 Å². The predicted octanol–water partition coefficient (Wildman–Crippen LogP) is 5.16. The van der Waals surface area contributed by atoms with Crippen molar-refractivity contribution in [3.8, 4) is 0 Å². The topological polar surface area (TPSA) is 17.1 Å². The van der Waals surface area contributed by atoms with Crippen molar-refractivity contribution in [3.63, 3.8) is 0 Å². The van der Waals surface area contributed by atoms with E-state index in [-0.39, 0.29) is 0 Å². The van der Waals surface area contributed by atoms with Crippen molar-refractivity contribution >= 4 is 12.4 Å². The molecule has 100 valence electrons. The third kappa shape index (κ3) is 2.72. The average Bonchev–Trinajstić information content (AvgIpc) is 2.41. The Kier molecular flexibility index (Phi) is 5.32. The summed E-state index contributed by atoms with van der Waals surface area (Å²) in [5, 5.41) is 2.38. The van der Waals surface area contributed by atoms with Crippen LogP contribution in [0.25, 0.3) is 0 Å². The molecule has 0 heterocycles. The molecule has 0 unspecified atom stereocenters. The second-order valence-corrected chi connectivity index (χ2v) is 6.96. The van der Waals surface area contributed by atoms with Crippen molar-refractivity contribution in [3.05, 3.63) is 77.9 Å². The standard InChI is InChI=1S/C17H21OP/c1-6-15(7-2)19(18,16(8-3)9-4)17-13-11-10-12-14(17)5/h6-13H,1,3H2,2,4-5H3/b15-7-,16-9-. The largest absolute Gasteiger partial charge is 0.309 e. The van der Waals surface area contributed by atoms with Gasteiger partial charge < -0.3 is 4.57 Å². The van der Waals surface area contributed by atoms with E-state index in [1.807, 2.05) is 57.2 Å². The minimum absolute atomic E-state index is 0.759. The summed E-state index contributed by atoms with van der Waals surface area (Å²) in [4.78, 5) is 0. The SMILES string of the molecule is C=C/C(=C/C)P(=O)(/C(C=C)=C\C)c1ccccc1C. The quantitative estimate of drug-likeness (QED) is 0.534. The molecule has 0 N–H and O–H groups in total. The molecule has 1 nitrogen and oxygen atoms in total. The van der Waals surface area contributed by atoms with Gasteiger partial charge in [-0.3, -0.25) is 0 Å². The van der Waals surface area contributed by atoms with Gasteiger partial charge in [-0.25, -0.2) is 0 Å². The summed E-state index contributed by atoms with van der Waals surface area (Å²) in [6.45, 7) is 13.4. The molecular formula is C17H21OP. The number of hydrogen-bond acceptors (Lipinski definition) is 1. The van der Waals surface area contributed by atoms with Crippen molar-refractivity contribution in [2.24, 2.45) is 0 Å². The van der Waals surface area contributed by atoms with Crippen LogP contribution in [0.1, 0.15) is 19.4 Å². The van der Waals surface area contributed by atoms with Gasteiger partial charge >= 0.3 is 0 Å². The molecule has 0 aliphatic carbocycles. The Morgan fingerprint density at radius 3 is 1.89 bits per heavy atom. The number of allylic oxidation sites excluding steroid dienone is 6. The minimum atomic E-state index is -2.84. The zero-order chi connectivity index (χ0) is 14.5. The molecule has 2 heteroatoms. The number of rotatable bonds is 5. The first-order chi connectivity index (χ1) is 9.05. The lowest BCUT2D eigenvalue weighted by Gasteiger charge is -2.23. The maximum atomic E-state index is 13.7. The van der Waals surface area contributed by atoms with Crippen LogP contribution >= 0.6 is 7.14 Å². The van der Waals surface area contributed by atoms with E-state index in [1.165, 1.54) is 0 Å². The second-order valence-electron chi connectivity index (χ2n) is 4.23. The first-order valence-corrected chi connectivity index (χ1v) is 8.01. The summed E-state index contributed by atoms with van der Waals surface area (Å²) >= 11 is 0. The third-order valence-corrected chi connectivity index (χ3v) is 6.71. The lowest BCUT2D eigenvalue weighted by Crippen LogP contribution is -2.10. The zero-order valence-electron chi connectivity index (χ0n) is 11.9. The van der Waals surface area contributed by atoms with Gasteiger partial charge in [0.15, 0.2) is 7.14 Å². The Hall–Kier alpha value is -1.59. The van der Waals surface area contributed by atoms with Crippen LogP contribution in [0, 0.1) is 6.92 Å². The van der Waals surface area contributed by atoms with Crippen molar-refractivity contribution < 1.29 is 4.57 Å². The highest BCUT2D eigenvalue weighted by molar-refractivity contribution is 7.79. The second kappa shape index (κ2) is 6.54. The summed E-state index contributed by atoms with van der Waals surface area (Å²) in [6, 6.07) is 7.78. The molecule has 0 atom stereocenters. The van der Waals surface area contributed by atoms with Crippen LogP contribution in [0.4, 0.5) is 0 Å². The predicted molar refractivity (Wildman–Crippen MR) is 86.3 cm³/mol. The number of aryl methyl sites for hydroxylation is 1. The Morgan fingerprint density at radius 1 is 1.05 bits per heavy atom. The van der Waals surface area contributed by atoms with Gasteiger partial charge in [0.1, 0.15) is 0 Å². The van der Waals surface area contributed by atoms with E-state index in [1.54, 1.807) is 12.2 Å². The zero-order valence-corrected chi connectivity index (χ0v) is 12.8. The van der Waals surface area contributed by atoms with Gasteiger partial charge in [-0.15, -0.1) is 0 Å². The van der Waals surface area contributed by atoms with E-state index in [2.05, 4.69) is 13.2 Å². The van der Waals surface area contributed by atoms with Gasteiger partial charge in [0.2, 0.25) is 0 Å². The Balaban J connectivity index is 3.72. The molecule has 0 amide bonds. The third-order valence-electron chi connectivity index (χ3n) is 3.19. The van der Waals surface area contributed by atoms with Crippen LogP contribution in [-0.4, -0.2) is 0 Å². The normalized spacial score (nSPS) is 15.7. The van der Waals surface area contributed by atoms with Crippen LogP contribution < -0.4 is 5.30 Å². The fourth-order valence-corrected chi connectivity index (χ4v) is 5.16. The summed E-state index contributed by atoms with van der Waals surface area (Å²) in [5.41, 5.74) is 1.02. The molecule has 0 radical (unpaired) electrons. The van der Waals surface area contributed by atoms with Crippen LogP contribution in [0.2, 0.25) is 0 Å². The lowest BCUT2D eigenvalue weighted by molar-refractivity contribution is 0.589. The highest BCUT2D eigenvalue weighted by Crippen LogP contribution is 2.60. The van der Waals surface area contributed by atoms with Crippen LogP contribution in [-0.2, 0) is 4.57 Å². The molecule has 0 saturated heterocycles. The Morgan fingerprint density at radius 2 is 1.53 bits per heavy atom. The Labute approximate surface area is 116 Å². The molecule has 0 aromatic heterocycles. The summed E-state index contributed by atoms with van der Waals surface area (Å²) in [5.74, 6) is 0. The fourth-order valence-electron chi connectivity index (χ4n) is 2.20. The molecular weight excluding hydrogens is 251 g/mol. The summed E-state index contributed by atoms with van der Waals surface area (Å²) < 4.78 is 13.7. The minimum Gasteiger partial charge on any atom is -0.309 e. The smallest absolute Gasteiger partial charge is 0.170 e.